The van der Waals surface area contributed by atoms with Crippen LogP contribution in [0.1, 0.15) is 16.1 Å². The summed E-state index contributed by atoms with van der Waals surface area (Å²) in [6.07, 6.45) is 4.81. The zero-order valence-electron chi connectivity index (χ0n) is 11.4. The number of carbonyl (C=O) groups excluding carboxylic acids is 1. The normalized spacial score (nSPS) is 10.4. The summed E-state index contributed by atoms with van der Waals surface area (Å²) < 4.78 is 0. The van der Waals surface area contributed by atoms with Crippen LogP contribution >= 0.6 is 22.9 Å². The summed E-state index contributed by atoms with van der Waals surface area (Å²) in [5, 5.41) is 5.88. The van der Waals surface area contributed by atoms with Crippen molar-refractivity contribution in [2.75, 3.05) is 0 Å². The average Bonchev–Trinajstić information content (AvgIpc) is 3.05. The van der Waals surface area contributed by atoms with Crippen LogP contribution in [0.4, 0.5) is 0 Å². The van der Waals surface area contributed by atoms with Gasteiger partial charge in [0.1, 0.15) is 16.4 Å². The Balaban J connectivity index is 1.66. The molecule has 110 valence electrons. The molecule has 0 aliphatic carbocycles. The maximum absolute atomic E-state index is 12.1. The maximum Gasteiger partial charge on any atom is 0.271 e. The number of carbonyl (C=O) groups is 1. The van der Waals surface area contributed by atoms with Crippen molar-refractivity contribution < 1.29 is 4.79 Å². The summed E-state index contributed by atoms with van der Waals surface area (Å²) in [7, 11) is 0. The molecule has 22 heavy (non-hydrogen) atoms. The number of thiazole rings is 1. The Kier molecular flexibility index (Phi) is 4.41. The highest BCUT2D eigenvalue weighted by molar-refractivity contribution is 7.13. The number of nitrogens with zero attached hydrogens (tertiary/aromatic N) is 3. The molecule has 0 aliphatic heterocycles. The second-order valence-electron chi connectivity index (χ2n) is 4.44. The first-order valence-corrected chi connectivity index (χ1v) is 7.73. The highest BCUT2D eigenvalue weighted by Crippen LogP contribution is 2.20. The minimum absolute atomic E-state index is 0.221. The lowest BCUT2D eigenvalue weighted by Gasteiger charge is -2.03. The summed E-state index contributed by atoms with van der Waals surface area (Å²) in [4.78, 5) is 24.5. The largest absolute Gasteiger partial charge is 0.347 e. The van der Waals surface area contributed by atoms with Gasteiger partial charge in [-0.05, 0) is 17.7 Å². The molecular formula is C15H11ClN4OS. The van der Waals surface area contributed by atoms with Crippen LogP contribution in [0.25, 0.3) is 10.7 Å². The lowest BCUT2D eigenvalue weighted by Crippen LogP contribution is -2.23. The molecule has 0 aliphatic rings. The van der Waals surface area contributed by atoms with Crippen molar-refractivity contribution in [3.05, 3.63) is 64.5 Å². The molecule has 1 N–H and O–H groups in total. The summed E-state index contributed by atoms with van der Waals surface area (Å²) >= 11 is 7.19. The van der Waals surface area contributed by atoms with Crippen LogP contribution in [0, 0.1) is 0 Å². The van der Waals surface area contributed by atoms with E-state index in [9.17, 15) is 4.79 Å². The number of halogens is 1. The van der Waals surface area contributed by atoms with E-state index in [2.05, 4.69) is 20.3 Å². The van der Waals surface area contributed by atoms with Crippen LogP contribution in [0.15, 0.2) is 48.2 Å². The van der Waals surface area contributed by atoms with E-state index >= 15 is 0 Å². The van der Waals surface area contributed by atoms with E-state index in [1.165, 1.54) is 11.3 Å². The van der Waals surface area contributed by atoms with Gasteiger partial charge in [-0.15, -0.1) is 11.3 Å². The topological polar surface area (TPSA) is 67.8 Å². The van der Waals surface area contributed by atoms with Gasteiger partial charge in [0.25, 0.3) is 5.91 Å². The molecule has 7 heteroatoms. The number of hydrogen-bond acceptors (Lipinski definition) is 5. The van der Waals surface area contributed by atoms with Crippen LogP contribution in [0.2, 0.25) is 5.02 Å². The zero-order chi connectivity index (χ0) is 15.4. The van der Waals surface area contributed by atoms with Gasteiger partial charge in [0.15, 0.2) is 0 Å². The third-order valence-electron chi connectivity index (χ3n) is 2.89. The first-order chi connectivity index (χ1) is 10.7. The summed E-state index contributed by atoms with van der Waals surface area (Å²) in [6.45, 7) is 0.425. The van der Waals surface area contributed by atoms with Crippen molar-refractivity contribution in [1.29, 1.82) is 0 Å². The van der Waals surface area contributed by atoms with Gasteiger partial charge < -0.3 is 5.32 Å². The van der Waals surface area contributed by atoms with E-state index in [0.29, 0.717) is 28.0 Å². The Morgan fingerprint density at radius 2 is 2.05 bits per heavy atom. The number of aromatic nitrogens is 3. The van der Waals surface area contributed by atoms with E-state index in [1.54, 1.807) is 36.1 Å². The summed E-state index contributed by atoms with van der Waals surface area (Å²) in [6, 6.07) is 7.32. The fourth-order valence-electron chi connectivity index (χ4n) is 1.78. The molecule has 0 bridgehead atoms. The third-order valence-corrected chi connectivity index (χ3v) is 4.00. The minimum atomic E-state index is -0.221. The molecule has 3 aromatic rings. The minimum Gasteiger partial charge on any atom is -0.347 e. The number of benzene rings is 1. The Bertz CT molecular complexity index is 774. The molecular weight excluding hydrogens is 320 g/mol. The van der Waals surface area contributed by atoms with Crippen molar-refractivity contribution in [1.82, 2.24) is 20.3 Å². The summed E-state index contributed by atoms with van der Waals surface area (Å²) in [5.74, 6) is -0.221. The fraction of sp³-hybridized carbons (Fsp3) is 0.0667. The van der Waals surface area contributed by atoms with Gasteiger partial charge in [0, 0.05) is 29.3 Å². The highest BCUT2D eigenvalue weighted by Gasteiger charge is 2.12. The first-order valence-electron chi connectivity index (χ1n) is 6.47. The number of rotatable bonds is 4. The van der Waals surface area contributed by atoms with Crippen LogP contribution in [0.5, 0.6) is 0 Å². The van der Waals surface area contributed by atoms with E-state index in [0.717, 1.165) is 5.56 Å². The lowest BCUT2D eigenvalue weighted by atomic mass is 10.2. The standard InChI is InChI=1S/C15H11ClN4OS/c16-11-3-1-10(2-4-11)7-19-14(21)13-9-22-15(20-13)12-8-17-5-6-18-12/h1-6,8-9H,7H2,(H,19,21). The monoisotopic (exact) mass is 330 g/mol. The van der Waals surface area contributed by atoms with Crippen molar-refractivity contribution >= 4 is 28.8 Å². The molecule has 0 unspecified atom stereocenters. The third kappa shape index (κ3) is 3.47. The predicted octanol–water partition coefficient (Wildman–Crippen LogP) is 3.18. The van der Waals surface area contributed by atoms with Crippen molar-refractivity contribution in [3.63, 3.8) is 0 Å². The number of nitrogens with one attached hydrogen (secondary N) is 1. The second kappa shape index (κ2) is 6.64. The van der Waals surface area contributed by atoms with Gasteiger partial charge in [-0.3, -0.25) is 14.8 Å². The molecule has 0 spiro atoms. The van der Waals surface area contributed by atoms with Crippen LogP contribution < -0.4 is 5.32 Å². The van der Waals surface area contributed by atoms with E-state index in [4.69, 9.17) is 11.6 Å². The van der Waals surface area contributed by atoms with Crippen molar-refractivity contribution in [2.24, 2.45) is 0 Å². The van der Waals surface area contributed by atoms with Gasteiger partial charge in [-0.25, -0.2) is 4.98 Å². The van der Waals surface area contributed by atoms with Crippen LogP contribution in [0.3, 0.4) is 0 Å². The summed E-state index contributed by atoms with van der Waals surface area (Å²) in [5.41, 5.74) is 2.01. The van der Waals surface area contributed by atoms with Crippen LogP contribution in [-0.2, 0) is 6.54 Å². The Labute approximate surface area is 136 Å². The van der Waals surface area contributed by atoms with E-state index in [-0.39, 0.29) is 5.91 Å². The molecule has 1 aromatic carbocycles. The molecule has 0 atom stereocenters. The SMILES string of the molecule is O=C(NCc1ccc(Cl)cc1)c1csc(-c2cnccn2)n1. The predicted molar refractivity (Wildman–Crippen MR) is 85.8 cm³/mol. The Morgan fingerprint density at radius 3 is 2.77 bits per heavy atom. The zero-order valence-corrected chi connectivity index (χ0v) is 12.9. The molecule has 2 heterocycles. The molecule has 0 saturated heterocycles. The van der Waals surface area contributed by atoms with Gasteiger partial charge in [-0.2, -0.15) is 0 Å². The molecule has 0 radical (unpaired) electrons. The van der Waals surface area contributed by atoms with Gasteiger partial charge >= 0.3 is 0 Å². The first kappa shape index (κ1) is 14.6. The van der Waals surface area contributed by atoms with E-state index in [1.807, 2.05) is 12.1 Å². The molecule has 3 rings (SSSR count). The highest BCUT2D eigenvalue weighted by atomic mass is 35.5. The van der Waals surface area contributed by atoms with Gasteiger partial charge in [0.05, 0.1) is 6.20 Å². The van der Waals surface area contributed by atoms with Gasteiger partial charge in [0.2, 0.25) is 0 Å². The number of amides is 1. The van der Waals surface area contributed by atoms with Crippen LogP contribution in [-0.4, -0.2) is 20.9 Å². The molecule has 1 amide bonds. The van der Waals surface area contributed by atoms with Crippen molar-refractivity contribution in [2.45, 2.75) is 6.54 Å². The maximum atomic E-state index is 12.1. The quantitative estimate of drug-likeness (QED) is 0.797. The Morgan fingerprint density at radius 1 is 1.23 bits per heavy atom. The lowest BCUT2D eigenvalue weighted by molar-refractivity contribution is 0.0946. The Hall–Kier alpha value is -2.31. The smallest absolute Gasteiger partial charge is 0.271 e. The van der Waals surface area contributed by atoms with Crippen molar-refractivity contribution in [3.8, 4) is 10.7 Å². The molecule has 2 aromatic heterocycles. The fourth-order valence-corrected chi connectivity index (χ4v) is 2.67. The molecule has 0 fully saturated rings. The van der Waals surface area contributed by atoms with Gasteiger partial charge in [-0.1, -0.05) is 23.7 Å². The van der Waals surface area contributed by atoms with E-state index < -0.39 is 0 Å². The average molecular weight is 331 g/mol. The number of hydrogen-bond donors (Lipinski definition) is 1. The molecule has 0 saturated carbocycles. The molecule has 5 nitrogen and oxygen atoms in total. The second-order valence-corrected chi connectivity index (χ2v) is 5.73.